The van der Waals surface area contributed by atoms with Crippen LogP contribution in [-0.4, -0.2) is 32.7 Å². The number of halogens is 1. The van der Waals surface area contributed by atoms with Crippen molar-refractivity contribution in [3.8, 4) is 5.95 Å². The van der Waals surface area contributed by atoms with Gasteiger partial charge in [-0.1, -0.05) is 29.8 Å². The molecule has 2 aromatic heterocycles. The van der Waals surface area contributed by atoms with E-state index in [1.165, 1.54) is 0 Å². The Balaban J connectivity index is 1.96. The quantitative estimate of drug-likeness (QED) is 0.678. The molecule has 3 heterocycles. The summed E-state index contributed by atoms with van der Waals surface area (Å²) in [5.41, 5.74) is 4.48. The Morgan fingerprint density at radius 2 is 1.78 bits per heavy atom. The van der Waals surface area contributed by atoms with Gasteiger partial charge in [-0.05, 0) is 38.5 Å². The van der Waals surface area contributed by atoms with E-state index in [4.69, 9.17) is 11.6 Å². The number of nitrogens with zero attached hydrogens (tertiary/aromatic N) is 5. The molecule has 27 heavy (non-hydrogen) atoms. The molecule has 7 heteroatoms. The number of hydrogen-bond donors (Lipinski definition) is 0. The fourth-order valence-corrected chi connectivity index (χ4v) is 4.02. The number of anilines is 1. The first-order valence-electron chi connectivity index (χ1n) is 8.80. The topological polar surface area (TPSA) is 63.9 Å². The van der Waals surface area contributed by atoms with Crippen LogP contribution in [-0.2, 0) is 4.79 Å². The highest BCUT2D eigenvalue weighted by Gasteiger charge is 2.37. The van der Waals surface area contributed by atoms with Crippen LogP contribution in [0.4, 0.5) is 5.82 Å². The second kappa shape index (κ2) is 6.46. The van der Waals surface area contributed by atoms with E-state index >= 15 is 0 Å². The Morgan fingerprint density at radius 1 is 1.11 bits per heavy atom. The first kappa shape index (κ1) is 17.7. The Hall–Kier alpha value is -2.73. The van der Waals surface area contributed by atoms with Gasteiger partial charge >= 0.3 is 0 Å². The number of amides is 1. The smallest absolute Gasteiger partial charge is 0.252 e. The SMILES string of the molecule is Cc1cc(C)nc(-n2nc(C)c3c2N(C)C(=O)C[C@H]3c2ccccc2Cl)n1. The molecule has 0 spiro atoms. The summed E-state index contributed by atoms with van der Waals surface area (Å²) < 4.78 is 1.67. The lowest BCUT2D eigenvalue weighted by molar-refractivity contribution is -0.118. The molecule has 0 bridgehead atoms. The summed E-state index contributed by atoms with van der Waals surface area (Å²) in [6, 6.07) is 9.57. The maximum Gasteiger partial charge on any atom is 0.252 e. The molecule has 1 amide bonds. The van der Waals surface area contributed by atoms with Crippen LogP contribution in [0, 0.1) is 20.8 Å². The van der Waals surface area contributed by atoms with Crippen molar-refractivity contribution in [2.75, 3.05) is 11.9 Å². The van der Waals surface area contributed by atoms with E-state index in [9.17, 15) is 4.79 Å². The van der Waals surface area contributed by atoms with Gasteiger partial charge in [0.2, 0.25) is 5.91 Å². The van der Waals surface area contributed by atoms with Crippen molar-refractivity contribution in [2.45, 2.75) is 33.1 Å². The van der Waals surface area contributed by atoms with Gasteiger partial charge in [0.05, 0.1) is 5.69 Å². The number of benzene rings is 1. The highest BCUT2D eigenvalue weighted by molar-refractivity contribution is 6.31. The van der Waals surface area contributed by atoms with Gasteiger partial charge < -0.3 is 0 Å². The molecule has 1 aromatic carbocycles. The zero-order valence-electron chi connectivity index (χ0n) is 15.7. The molecule has 1 aliphatic heterocycles. The number of hydrogen-bond acceptors (Lipinski definition) is 4. The van der Waals surface area contributed by atoms with Gasteiger partial charge in [-0.15, -0.1) is 0 Å². The minimum atomic E-state index is -0.142. The monoisotopic (exact) mass is 381 g/mol. The molecule has 0 aliphatic carbocycles. The minimum absolute atomic E-state index is 0.0120. The molecule has 0 unspecified atom stereocenters. The molecule has 138 valence electrons. The Kier molecular flexibility index (Phi) is 4.23. The molecule has 0 radical (unpaired) electrons. The number of carbonyl (C=O) groups is 1. The average Bonchev–Trinajstić information content (AvgIpc) is 2.96. The molecular formula is C20H20ClN5O. The lowest BCUT2D eigenvalue weighted by Gasteiger charge is -2.30. The number of rotatable bonds is 2. The standard InChI is InChI=1S/C20H20ClN5O/c1-11-9-12(2)23-20(22-11)26-19-18(13(3)24-26)15(10-17(27)25(19)4)14-7-5-6-8-16(14)21/h5-9,15H,10H2,1-4H3/t15-/m0/s1. The third-order valence-electron chi connectivity index (χ3n) is 4.94. The van der Waals surface area contributed by atoms with E-state index < -0.39 is 0 Å². The minimum Gasteiger partial charge on any atom is -0.299 e. The lowest BCUT2D eigenvalue weighted by Crippen LogP contribution is -2.35. The molecular weight excluding hydrogens is 362 g/mol. The summed E-state index contributed by atoms with van der Waals surface area (Å²) in [4.78, 5) is 23.5. The van der Waals surface area contributed by atoms with E-state index in [2.05, 4.69) is 15.1 Å². The normalized spacial score (nSPS) is 16.6. The van der Waals surface area contributed by atoms with E-state index in [1.54, 1.807) is 16.6 Å². The van der Waals surface area contributed by atoms with Crippen LogP contribution in [0.3, 0.4) is 0 Å². The van der Waals surface area contributed by atoms with E-state index in [0.717, 1.165) is 28.2 Å². The lowest BCUT2D eigenvalue weighted by atomic mass is 9.85. The van der Waals surface area contributed by atoms with Gasteiger partial charge in [0, 0.05) is 41.4 Å². The number of aryl methyl sites for hydroxylation is 3. The summed E-state index contributed by atoms with van der Waals surface area (Å²) in [7, 11) is 1.77. The zero-order chi connectivity index (χ0) is 19.3. The molecule has 6 nitrogen and oxygen atoms in total. The number of carbonyl (C=O) groups excluding carboxylic acids is 1. The van der Waals surface area contributed by atoms with Crippen LogP contribution in [0.25, 0.3) is 5.95 Å². The van der Waals surface area contributed by atoms with Crippen molar-refractivity contribution in [2.24, 2.45) is 0 Å². The van der Waals surface area contributed by atoms with Crippen LogP contribution in [0.15, 0.2) is 30.3 Å². The van der Waals surface area contributed by atoms with Crippen molar-refractivity contribution in [3.05, 3.63) is 63.6 Å². The van der Waals surface area contributed by atoms with Crippen LogP contribution < -0.4 is 4.90 Å². The second-order valence-corrected chi connectivity index (χ2v) is 7.32. The molecule has 4 rings (SSSR count). The number of aromatic nitrogens is 4. The molecule has 0 fully saturated rings. The molecule has 3 aromatic rings. The van der Waals surface area contributed by atoms with E-state index in [-0.39, 0.29) is 11.8 Å². The van der Waals surface area contributed by atoms with Crippen molar-refractivity contribution >= 4 is 23.3 Å². The van der Waals surface area contributed by atoms with Gasteiger partial charge in [-0.25, -0.2) is 9.97 Å². The Bertz CT molecular complexity index is 1040. The van der Waals surface area contributed by atoms with Crippen LogP contribution in [0.2, 0.25) is 5.02 Å². The van der Waals surface area contributed by atoms with Crippen LogP contribution >= 0.6 is 11.6 Å². The molecule has 0 saturated carbocycles. The van der Waals surface area contributed by atoms with Gasteiger partial charge in [-0.2, -0.15) is 9.78 Å². The summed E-state index contributed by atoms with van der Waals surface area (Å²) in [5.74, 6) is 1.05. The molecule has 1 aliphatic rings. The van der Waals surface area contributed by atoms with Gasteiger partial charge in [0.25, 0.3) is 5.95 Å². The summed E-state index contributed by atoms with van der Waals surface area (Å²) in [6.07, 6.45) is 0.355. The van der Waals surface area contributed by atoms with Gasteiger partial charge in [0.1, 0.15) is 5.82 Å². The predicted octanol–water partition coefficient (Wildman–Crippen LogP) is 3.74. The molecule has 0 saturated heterocycles. The third-order valence-corrected chi connectivity index (χ3v) is 5.29. The predicted molar refractivity (Wildman–Crippen MR) is 105 cm³/mol. The maximum absolute atomic E-state index is 12.8. The van der Waals surface area contributed by atoms with Crippen molar-refractivity contribution in [3.63, 3.8) is 0 Å². The fourth-order valence-electron chi connectivity index (χ4n) is 3.75. The fraction of sp³-hybridized carbons (Fsp3) is 0.300. The Labute approximate surface area is 162 Å². The molecule has 0 N–H and O–H groups in total. The zero-order valence-corrected chi connectivity index (χ0v) is 16.4. The Morgan fingerprint density at radius 3 is 2.44 bits per heavy atom. The molecule has 1 atom stereocenters. The average molecular weight is 382 g/mol. The van der Waals surface area contributed by atoms with Gasteiger partial charge in [-0.3, -0.25) is 9.69 Å². The van der Waals surface area contributed by atoms with E-state index in [0.29, 0.717) is 23.2 Å². The van der Waals surface area contributed by atoms with E-state index in [1.807, 2.05) is 51.1 Å². The first-order chi connectivity index (χ1) is 12.9. The summed E-state index contributed by atoms with van der Waals surface area (Å²) in [6.45, 7) is 5.79. The van der Waals surface area contributed by atoms with Crippen LogP contribution in [0.1, 0.15) is 40.5 Å². The van der Waals surface area contributed by atoms with Crippen molar-refractivity contribution in [1.29, 1.82) is 0 Å². The largest absolute Gasteiger partial charge is 0.299 e. The van der Waals surface area contributed by atoms with Crippen molar-refractivity contribution in [1.82, 2.24) is 19.7 Å². The van der Waals surface area contributed by atoms with Crippen molar-refractivity contribution < 1.29 is 4.79 Å². The maximum atomic E-state index is 12.8. The second-order valence-electron chi connectivity index (χ2n) is 6.92. The highest BCUT2D eigenvalue weighted by atomic mass is 35.5. The number of fused-ring (bicyclic) bond motifs is 1. The van der Waals surface area contributed by atoms with Gasteiger partial charge in [0.15, 0.2) is 0 Å². The highest BCUT2D eigenvalue weighted by Crippen LogP contribution is 2.43. The summed E-state index contributed by atoms with van der Waals surface area (Å²) >= 11 is 6.45. The third kappa shape index (κ3) is 2.90. The summed E-state index contributed by atoms with van der Waals surface area (Å²) in [5, 5.41) is 5.34. The van der Waals surface area contributed by atoms with Crippen LogP contribution in [0.5, 0.6) is 0 Å². The first-order valence-corrected chi connectivity index (χ1v) is 9.17.